The lowest BCUT2D eigenvalue weighted by atomic mass is 9.85. The summed E-state index contributed by atoms with van der Waals surface area (Å²) >= 11 is 0. The van der Waals surface area contributed by atoms with Crippen LogP contribution >= 0.6 is 0 Å². The summed E-state index contributed by atoms with van der Waals surface area (Å²) in [6.07, 6.45) is 9.54. The van der Waals surface area contributed by atoms with Gasteiger partial charge >= 0.3 is 0 Å². The van der Waals surface area contributed by atoms with Crippen molar-refractivity contribution in [3.63, 3.8) is 0 Å². The molecular weight excluding hydrogens is 340 g/mol. The van der Waals surface area contributed by atoms with Gasteiger partial charge in [-0.05, 0) is 55.4 Å². The van der Waals surface area contributed by atoms with Gasteiger partial charge in [-0.3, -0.25) is 9.20 Å². The minimum atomic E-state index is 0.0428. The zero-order valence-corrected chi connectivity index (χ0v) is 15.3. The number of piperidine rings is 1. The normalized spacial score (nSPS) is 24.3. The fraction of sp³-hybridized carbons (Fsp3) is 0.381. The molecule has 0 aliphatic carbocycles. The third kappa shape index (κ3) is 2.76. The van der Waals surface area contributed by atoms with Crippen LogP contribution in [0.4, 0.5) is 0 Å². The second-order valence-corrected chi connectivity index (χ2v) is 7.49. The Labute approximate surface area is 157 Å². The van der Waals surface area contributed by atoms with Crippen LogP contribution in [0, 0.1) is 0 Å². The van der Waals surface area contributed by atoms with Crippen molar-refractivity contribution in [1.82, 2.24) is 19.3 Å². The molecule has 2 fully saturated rings. The van der Waals surface area contributed by atoms with Gasteiger partial charge in [0.15, 0.2) is 0 Å². The second kappa shape index (κ2) is 6.37. The molecule has 138 valence electrons. The third-order valence-corrected chi connectivity index (χ3v) is 6.01. The largest absolute Gasteiger partial charge is 0.497 e. The fourth-order valence-corrected chi connectivity index (χ4v) is 4.72. The number of fused-ring (bicyclic) bond motifs is 3. The Morgan fingerprint density at radius 1 is 1.15 bits per heavy atom. The van der Waals surface area contributed by atoms with Crippen LogP contribution < -0.4 is 4.74 Å². The zero-order chi connectivity index (χ0) is 18.4. The average molecular weight is 362 g/mol. The van der Waals surface area contributed by atoms with Crippen molar-refractivity contribution in [2.75, 3.05) is 7.11 Å². The molecule has 1 unspecified atom stereocenters. The first-order valence-electron chi connectivity index (χ1n) is 9.49. The first-order valence-corrected chi connectivity index (χ1v) is 9.49. The van der Waals surface area contributed by atoms with E-state index in [1.165, 1.54) is 5.56 Å². The highest BCUT2D eigenvalue weighted by molar-refractivity contribution is 5.93. The monoisotopic (exact) mass is 362 g/mol. The smallest absolute Gasteiger partial charge is 0.274 e. The van der Waals surface area contributed by atoms with Gasteiger partial charge in [0.2, 0.25) is 5.78 Å². The molecule has 6 heteroatoms. The predicted octanol–water partition coefficient (Wildman–Crippen LogP) is 3.29. The molecule has 0 N–H and O–H groups in total. The number of hydrogen-bond donors (Lipinski definition) is 0. The molecule has 2 saturated heterocycles. The molecule has 3 atom stereocenters. The Kier molecular flexibility index (Phi) is 3.85. The molecular formula is C21H22N4O2. The van der Waals surface area contributed by atoms with Crippen LogP contribution in [-0.4, -0.2) is 44.4 Å². The lowest BCUT2D eigenvalue weighted by Crippen LogP contribution is -2.46. The fourth-order valence-electron chi connectivity index (χ4n) is 4.72. The summed E-state index contributed by atoms with van der Waals surface area (Å²) in [5, 5.41) is 0. The molecule has 27 heavy (non-hydrogen) atoms. The van der Waals surface area contributed by atoms with Crippen LogP contribution in [-0.2, 0) is 0 Å². The van der Waals surface area contributed by atoms with E-state index in [-0.39, 0.29) is 5.91 Å². The van der Waals surface area contributed by atoms with Crippen LogP contribution in [0.2, 0.25) is 0 Å². The second-order valence-electron chi connectivity index (χ2n) is 7.49. The number of amides is 1. The van der Waals surface area contributed by atoms with Crippen LogP contribution in [0.15, 0.2) is 48.9 Å². The average Bonchev–Trinajstić information content (AvgIpc) is 3.26. The van der Waals surface area contributed by atoms with E-state index in [9.17, 15) is 4.79 Å². The highest BCUT2D eigenvalue weighted by Crippen LogP contribution is 2.43. The molecule has 3 aromatic rings. The highest BCUT2D eigenvalue weighted by Gasteiger charge is 2.44. The van der Waals surface area contributed by atoms with E-state index in [1.807, 2.05) is 24.4 Å². The van der Waals surface area contributed by atoms with E-state index in [0.717, 1.165) is 31.4 Å². The quantitative estimate of drug-likeness (QED) is 0.717. The summed E-state index contributed by atoms with van der Waals surface area (Å²) in [5.74, 6) is 2.00. The number of benzene rings is 1. The molecule has 2 aromatic heterocycles. The molecule has 0 spiro atoms. The predicted molar refractivity (Wildman–Crippen MR) is 101 cm³/mol. The van der Waals surface area contributed by atoms with Crippen molar-refractivity contribution >= 4 is 11.7 Å². The number of nitrogens with zero attached hydrogens (tertiary/aromatic N) is 4. The van der Waals surface area contributed by atoms with Gasteiger partial charge in [-0.2, -0.15) is 0 Å². The van der Waals surface area contributed by atoms with E-state index in [0.29, 0.717) is 29.5 Å². The number of rotatable bonds is 3. The zero-order valence-electron chi connectivity index (χ0n) is 15.3. The summed E-state index contributed by atoms with van der Waals surface area (Å²) in [7, 11) is 1.69. The van der Waals surface area contributed by atoms with Gasteiger partial charge in [0.05, 0.1) is 7.11 Å². The van der Waals surface area contributed by atoms with Gasteiger partial charge < -0.3 is 9.64 Å². The van der Waals surface area contributed by atoms with Crippen molar-refractivity contribution < 1.29 is 9.53 Å². The molecule has 4 heterocycles. The first-order chi connectivity index (χ1) is 13.2. The maximum absolute atomic E-state index is 13.2. The van der Waals surface area contributed by atoms with Crippen molar-refractivity contribution in [2.45, 2.75) is 43.7 Å². The molecule has 0 saturated carbocycles. The number of carbonyl (C=O) groups excluding carboxylic acids is 1. The van der Waals surface area contributed by atoms with E-state index in [1.54, 1.807) is 23.9 Å². The molecule has 5 rings (SSSR count). The van der Waals surface area contributed by atoms with Crippen LogP contribution in [0.25, 0.3) is 5.78 Å². The van der Waals surface area contributed by atoms with Crippen LogP contribution in [0.3, 0.4) is 0 Å². The van der Waals surface area contributed by atoms with Gasteiger partial charge in [-0.1, -0.05) is 12.1 Å². The Hall–Kier alpha value is -2.89. The number of hydrogen-bond acceptors (Lipinski definition) is 4. The van der Waals surface area contributed by atoms with Crippen molar-refractivity contribution in [3.8, 4) is 5.75 Å². The number of imidazole rings is 1. The number of aromatic nitrogens is 3. The first kappa shape index (κ1) is 16.3. The molecule has 2 bridgehead atoms. The Morgan fingerprint density at radius 3 is 2.56 bits per heavy atom. The van der Waals surface area contributed by atoms with E-state index in [2.05, 4.69) is 27.0 Å². The lowest BCUT2D eigenvalue weighted by molar-refractivity contribution is 0.0566. The van der Waals surface area contributed by atoms with E-state index < -0.39 is 0 Å². The number of carbonyl (C=O) groups is 1. The lowest BCUT2D eigenvalue weighted by Gasteiger charge is -2.39. The van der Waals surface area contributed by atoms with Crippen LogP contribution in [0.1, 0.15) is 47.7 Å². The SMILES string of the molecule is COc1ccc(C2C[C@H]3CC[C@@H](C2)N3C(=O)c2cn3cccnc3n2)cc1. The van der Waals surface area contributed by atoms with Gasteiger partial charge in [-0.15, -0.1) is 0 Å². The Balaban J connectivity index is 1.37. The number of ether oxygens (including phenoxy) is 1. The molecule has 1 aromatic carbocycles. The van der Waals surface area contributed by atoms with Crippen LogP contribution in [0.5, 0.6) is 5.75 Å². The van der Waals surface area contributed by atoms with E-state index in [4.69, 9.17) is 4.74 Å². The summed E-state index contributed by atoms with van der Waals surface area (Å²) in [4.78, 5) is 23.9. The summed E-state index contributed by atoms with van der Waals surface area (Å²) in [6, 6.07) is 10.8. The molecule has 2 aliphatic rings. The molecule has 1 amide bonds. The van der Waals surface area contributed by atoms with Gasteiger partial charge in [-0.25, -0.2) is 9.97 Å². The number of methoxy groups -OCH3 is 1. The van der Waals surface area contributed by atoms with Gasteiger partial charge in [0, 0.05) is 30.7 Å². The topological polar surface area (TPSA) is 59.7 Å². The Morgan fingerprint density at radius 2 is 1.89 bits per heavy atom. The maximum atomic E-state index is 13.2. The van der Waals surface area contributed by atoms with Crippen molar-refractivity contribution in [1.29, 1.82) is 0 Å². The minimum absolute atomic E-state index is 0.0428. The minimum Gasteiger partial charge on any atom is -0.497 e. The van der Waals surface area contributed by atoms with E-state index >= 15 is 0 Å². The summed E-state index contributed by atoms with van der Waals surface area (Å²) in [6.45, 7) is 0. The molecule has 2 aliphatic heterocycles. The molecule has 0 radical (unpaired) electrons. The van der Waals surface area contributed by atoms with Crippen molar-refractivity contribution in [3.05, 3.63) is 60.2 Å². The Bertz CT molecular complexity index is 934. The van der Waals surface area contributed by atoms with Crippen molar-refractivity contribution in [2.24, 2.45) is 0 Å². The van der Waals surface area contributed by atoms with Gasteiger partial charge in [0.1, 0.15) is 11.4 Å². The maximum Gasteiger partial charge on any atom is 0.274 e. The standard InChI is InChI=1S/C21H22N4O2/c1-27-18-7-3-14(4-8-18)15-11-16-5-6-17(12-15)25(16)20(26)19-13-24-10-2-9-22-21(24)23-19/h2-4,7-10,13,15-17H,5-6,11-12H2,1H3/t15?,16-,17+. The third-order valence-electron chi connectivity index (χ3n) is 6.01. The van der Waals surface area contributed by atoms with Gasteiger partial charge in [0.25, 0.3) is 5.91 Å². The highest BCUT2D eigenvalue weighted by atomic mass is 16.5. The summed E-state index contributed by atoms with van der Waals surface area (Å²) in [5.41, 5.74) is 1.84. The molecule has 6 nitrogen and oxygen atoms in total. The summed E-state index contributed by atoms with van der Waals surface area (Å²) < 4.78 is 7.07.